The number of halogens is 3. The third-order valence-electron chi connectivity index (χ3n) is 6.84. The molecule has 14 heteroatoms. The maximum Gasteiger partial charge on any atom is 0.491 e. The molecule has 0 aliphatic carbocycles. The number of fused-ring (bicyclic) bond motifs is 1. The van der Waals surface area contributed by atoms with E-state index in [1.165, 1.54) is 24.1 Å². The molecule has 244 valence electrons. The maximum atomic E-state index is 13.6. The van der Waals surface area contributed by atoms with E-state index in [0.717, 1.165) is 0 Å². The molecule has 2 aromatic rings. The van der Waals surface area contributed by atoms with Gasteiger partial charge in [-0.3, -0.25) is 19.8 Å². The van der Waals surface area contributed by atoms with Gasteiger partial charge in [0.1, 0.15) is 11.6 Å². The van der Waals surface area contributed by atoms with Crippen molar-refractivity contribution in [2.24, 2.45) is 5.73 Å². The first-order valence-corrected chi connectivity index (χ1v) is 14.2. The van der Waals surface area contributed by atoms with Crippen LogP contribution >= 0.6 is 0 Å². The van der Waals surface area contributed by atoms with E-state index < -0.39 is 40.9 Å². The highest BCUT2D eigenvalue weighted by atomic mass is 19.4. The van der Waals surface area contributed by atoms with Gasteiger partial charge in [-0.1, -0.05) is 27.7 Å². The van der Waals surface area contributed by atoms with Gasteiger partial charge in [0.25, 0.3) is 5.91 Å². The number of hydrogen-bond donors (Lipinski definition) is 3. The lowest BCUT2D eigenvalue weighted by atomic mass is 9.84. The Morgan fingerprint density at radius 3 is 2.27 bits per heavy atom. The second-order valence-electron chi connectivity index (χ2n) is 11.5. The summed E-state index contributed by atoms with van der Waals surface area (Å²) >= 11 is 0. The van der Waals surface area contributed by atoms with Gasteiger partial charge in [0, 0.05) is 36.7 Å². The molecule has 45 heavy (non-hydrogen) atoms. The summed E-state index contributed by atoms with van der Waals surface area (Å²) < 4.78 is 55.7. The van der Waals surface area contributed by atoms with Crippen LogP contribution in [0.4, 0.5) is 13.2 Å². The summed E-state index contributed by atoms with van der Waals surface area (Å²) in [5, 5.41) is 11.3. The molecule has 2 amide bonds. The third-order valence-corrected chi connectivity index (χ3v) is 6.84. The highest BCUT2D eigenvalue weighted by Crippen LogP contribution is 2.41. The minimum atomic E-state index is -5.29. The normalized spacial score (nSPS) is 12.9. The molecule has 0 fully saturated rings. The van der Waals surface area contributed by atoms with Gasteiger partial charge in [-0.15, -0.1) is 0 Å². The quantitative estimate of drug-likeness (QED) is 0.127. The lowest BCUT2D eigenvalue weighted by Crippen LogP contribution is -2.31. The minimum Gasteiger partial charge on any atom is -0.493 e. The molecule has 1 aliphatic heterocycles. The number of benzene rings is 2. The molecule has 0 bridgehead atoms. The summed E-state index contributed by atoms with van der Waals surface area (Å²) in [6.45, 7) is 6.99. The average molecular weight is 635 g/mol. The molecule has 3 rings (SSSR count). The number of amidine groups is 1. The van der Waals surface area contributed by atoms with Crippen LogP contribution < -0.4 is 25.3 Å². The largest absolute Gasteiger partial charge is 0.493 e. The van der Waals surface area contributed by atoms with Crippen molar-refractivity contribution >= 4 is 29.4 Å². The first-order chi connectivity index (χ1) is 21.0. The predicted molar refractivity (Wildman–Crippen MR) is 158 cm³/mol. The van der Waals surface area contributed by atoms with Gasteiger partial charge in [-0.2, -0.15) is 13.2 Å². The van der Waals surface area contributed by atoms with Crippen LogP contribution in [0.2, 0.25) is 0 Å². The number of nitrogens with one attached hydrogen (secondary N) is 2. The fourth-order valence-electron chi connectivity index (χ4n) is 4.58. The fourth-order valence-corrected chi connectivity index (χ4v) is 4.58. The molecule has 1 heterocycles. The summed E-state index contributed by atoms with van der Waals surface area (Å²) in [7, 11) is 1.48. The van der Waals surface area contributed by atoms with Crippen molar-refractivity contribution in [3.8, 4) is 17.2 Å². The number of nitrogens with two attached hydrogens (primary N) is 1. The summed E-state index contributed by atoms with van der Waals surface area (Å²) in [5.41, 5.74) is 5.77. The molecule has 0 aromatic heterocycles. The van der Waals surface area contributed by atoms with Crippen LogP contribution in [0.25, 0.3) is 0 Å². The van der Waals surface area contributed by atoms with Gasteiger partial charge in [0.2, 0.25) is 5.91 Å². The molecular formula is C31H37F3N4O7. The van der Waals surface area contributed by atoms with E-state index in [0.29, 0.717) is 29.9 Å². The molecule has 0 radical (unpaired) electrons. The number of nitrogens with zero attached hydrogens (tertiary/aromatic N) is 1. The fraction of sp³-hybridized carbons (Fsp3) is 0.452. The van der Waals surface area contributed by atoms with Crippen molar-refractivity contribution in [1.82, 2.24) is 10.2 Å². The molecule has 2 aromatic carbocycles. The summed E-state index contributed by atoms with van der Waals surface area (Å²) in [5.74, 6) is -4.40. The number of carbonyl (C=O) groups excluding carboxylic acids is 4. The van der Waals surface area contributed by atoms with Crippen LogP contribution in [0.1, 0.15) is 84.4 Å². The number of Topliss-reactive ketones (excluding diaryl/α,β-unsaturated/α-hetero) is 1. The van der Waals surface area contributed by atoms with Gasteiger partial charge in [0.05, 0.1) is 25.3 Å². The van der Waals surface area contributed by atoms with Crippen LogP contribution in [-0.2, 0) is 21.5 Å². The van der Waals surface area contributed by atoms with Crippen molar-refractivity contribution in [3.63, 3.8) is 0 Å². The lowest BCUT2D eigenvalue weighted by Gasteiger charge is -2.26. The van der Waals surface area contributed by atoms with Gasteiger partial charge in [0.15, 0.2) is 17.3 Å². The lowest BCUT2D eigenvalue weighted by molar-refractivity contribution is -0.189. The van der Waals surface area contributed by atoms with Gasteiger partial charge in [-0.05, 0) is 48.1 Å². The zero-order valence-corrected chi connectivity index (χ0v) is 25.8. The first kappa shape index (κ1) is 34.9. The van der Waals surface area contributed by atoms with Crippen molar-refractivity contribution < 1.29 is 46.6 Å². The molecule has 11 nitrogen and oxygen atoms in total. The highest BCUT2D eigenvalue weighted by molar-refractivity contribution is 6.07. The molecule has 0 atom stereocenters. The number of amides is 2. The summed E-state index contributed by atoms with van der Waals surface area (Å²) in [4.78, 5) is 50.6. The van der Waals surface area contributed by atoms with Crippen molar-refractivity contribution in [3.05, 3.63) is 52.1 Å². The van der Waals surface area contributed by atoms with E-state index in [9.17, 15) is 32.3 Å². The van der Waals surface area contributed by atoms with Crippen LogP contribution in [0.5, 0.6) is 17.2 Å². The van der Waals surface area contributed by atoms with E-state index in [1.54, 1.807) is 32.9 Å². The first-order valence-electron chi connectivity index (χ1n) is 14.2. The zero-order valence-electron chi connectivity index (χ0n) is 25.8. The monoisotopic (exact) mass is 634 g/mol. The van der Waals surface area contributed by atoms with E-state index in [-0.39, 0.29) is 60.8 Å². The second-order valence-corrected chi connectivity index (χ2v) is 11.5. The van der Waals surface area contributed by atoms with E-state index >= 15 is 0 Å². The average Bonchev–Trinajstić information content (AvgIpc) is 3.25. The van der Waals surface area contributed by atoms with Crippen molar-refractivity contribution in [2.45, 2.75) is 65.1 Å². The third kappa shape index (κ3) is 8.52. The second kappa shape index (κ2) is 14.0. The number of hydrogen-bond acceptors (Lipinski definition) is 8. The summed E-state index contributed by atoms with van der Waals surface area (Å²) in [6, 6.07) is 5.73. The van der Waals surface area contributed by atoms with Crippen LogP contribution in [0.3, 0.4) is 0 Å². The topological polar surface area (TPSA) is 161 Å². The number of rotatable bonds is 13. The smallest absolute Gasteiger partial charge is 0.491 e. The minimum absolute atomic E-state index is 0.000224. The number of primary amides is 1. The van der Waals surface area contributed by atoms with Crippen LogP contribution in [-0.4, -0.2) is 67.3 Å². The van der Waals surface area contributed by atoms with Crippen molar-refractivity contribution in [2.75, 3.05) is 26.8 Å². The van der Waals surface area contributed by atoms with Crippen molar-refractivity contribution in [1.29, 1.82) is 5.41 Å². The van der Waals surface area contributed by atoms with Gasteiger partial charge in [-0.25, -0.2) is 4.79 Å². The summed E-state index contributed by atoms with van der Waals surface area (Å²) in [6.07, 6.45) is -4.53. The van der Waals surface area contributed by atoms with Crippen LogP contribution in [0, 0.1) is 5.41 Å². The Morgan fingerprint density at radius 1 is 1.02 bits per heavy atom. The Labute approximate surface area is 258 Å². The Hall–Kier alpha value is -4.62. The van der Waals surface area contributed by atoms with E-state index in [2.05, 4.69) is 5.32 Å². The molecule has 0 saturated heterocycles. The Bertz CT molecular complexity index is 1500. The number of ketones is 1. The Balaban J connectivity index is 1.98. The predicted octanol–water partition coefficient (Wildman–Crippen LogP) is 4.27. The van der Waals surface area contributed by atoms with Gasteiger partial charge >= 0.3 is 12.1 Å². The molecule has 4 N–H and O–H groups in total. The Morgan fingerprint density at radius 2 is 1.69 bits per heavy atom. The SMILES string of the molecule is CCCOc1cc2c(cc1C(=O)NC)C(=N)N(CC(=O)c1cc(OCCCC(N)=O)c(OC(=O)C(F)(F)F)c(C(C)(C)C)c1)C2. The van der Waals surface area contributed by atoms with Gasteiger partial charge < -0.3 is 30.2 Å². The standard InChI is InChI=1S/C31H37F3N4O7/c1-6-9-43-23-13-18-15-38(27(36)19(18)14-20(23)28(41)37-5)16-22(39)17-11-21(30(2,3)4)26(45-29(42)31(32,33)34)24(12-17)44-10-7-8-25(35)40/h11-14,36H,6-10,15-16H2,1-5H3,(H2,35,40)(H,37,41). The van der Waals surface area contributed by atoms with Crippen LogP contribution in [0.15, 0.2) is 24.3 Å². The Kier molecular flexibility index (Phi) is 10.8. The zero-order chi connectivity index (χ0) is 33.7. The molecule has 0 spiro atoms. The number of ether oxygens (including phenoxy) is 3. The molecule has 0 unspecified atom stereocenters. The number of carbonyl (C=O) groups is 4. The molecular weight excluding hydrogens is 597 g/mol. The molecule has 1 aliphatic rings. The molecule has 0 saturated carbocycles. The maximum absolute atomic E-state index is 13.6. The highest BCUT2D eigenvalue weighted by Gasteiger charge is 2.43. The number of alkyl halides is 3. The van der Waals surface area contributed by atoms with E-state index in [4.69, 9.17) is 25.4 Å². The van der Waals surface area contributed by atoms with E-state index in [1.807, 2.05) is 6.92 Å². The number of esters is 1.